The van der Waals surface area contributed by atoms with Gasteiger partial charge in [0.1, 0.15) is 11.3 Å². The molecule has 7 heteroatoms. The molecule has 0 bridgehead atoms. The minimum absolute atomic E-state index is 0.135. The highest BCUT2D eigenvalue weighted by atomic mass is 16.5. The van der Waals surface area contributed by atoms with E-state index >= 15 is 0 Å². The van der Waals surface area contributed by atoms with E-state index in [2.05, 4.69) is 4.90 Å². The standard InChI is InChI=1S/C25H26N2O5/c1-30-18-8-9-19-20(16-18)32-24-21(23(19)28)22(17-6-3-2-4-7-17)27(25(24)29)11-5-10-26-12-14-31-15-13-26/h2-4,6-9,16,22H,5,10-15H2,1H3/t22-/m0/s1. The second-order valence-corrected chi connectivity index (χ2v) is 8.16. The highest BCUT2D eigenvalue weighted by Crippen LogP contribution is 2.38. The fourth-order valence-corrected chi connectivity index (χ4v) is 4.63. The third kappa shape index (κ3) is 3.67. The molecule has 1 amide bonds. The Morgan fingerprint density at radius 3 is 2.56 bits per heavy atom. The SMILES string of the molecule is COc1ccc2c(=O)c3c(oc2c1)C(=O)N(CCCN1CCOCC1)[C@H]3c1ccccc1. The molecule has 0 unspecified atom stereocenters. The van der Waals surface area contributed by atoms with E-state index in [-0.39, 0.29) is 17.1 Å². The van der Waals surface area contributed by atoms with E-state index in [9.17, 15) is 9.59 Å². The molecule has 3 aromatic rings. The maximum absolute atomic E-state index is 13.5. The Labute approximate surface area is 186 Å². The summed E-state index contributed by atoms with van der Waals surface area (Å²) in [6.45, 7) is 4.72. The van der Waals surface area contributed by atoms with Gasteiger partial charge in [-0.1, -0.05) is 30.3 Å². The van der Waals surface area contributed by atoms with Gasteiger partial charge in [-0.3, -0.25) is 14.5 Å². The fraction of sp³-hybridized carbons (Fsp3) is 0.360. The number of morpholine rings is 1. The van der Waals surface area contributed by atoms with Gasteiger partial charge in [0.05, 0.1) is 37.3 Å². The van der Waals surface area contributed by atoms with Crippen molar-refractivity contribution in [2.45, 2.75) is 12.5 Å². The molecule has 1 fully saturated rings. The van der Waals surface area contributed by atoms with Crippen LogP contribution < -0.4 is 10.2 Å². The summed E-state index contributed by atoms with van der Waals surface area (Å²) in [4.78, 5) is 31.1. The Morgan fingerprint density at radius 1 is 1.03 bits per heavy atom. The summed E-state index contributed by atoms with van der Waals surface area (Å²) in [5.41, 5.74) is 1.53. The Bertz CT molecular complexity index is 1180. The molecular formula is C25H26N2O5. The highest BCUT2D eigenvalue weighted by Gasteiger charge is 2.42. The number of methoxy groups -OCH3 is 1. The molecule has 166 valence electrons. The first-order chi connectivity index (χ1) is 15.7. The van der Waals surface area contributed by atoms with E-state index in [0.717, 1.165) is 44.8 Å². The Balaban J connectivity index is 1.52. The Kier molecular flexibility index (Phi) is 5.68. The van der Waals surface area contributed by atoms with Gasteiger partial charge in [0.15, 0.2) is 5.43 Å². The maximum atomic E-state index is 13.5. The van der Waals surface area contributed by atoms with E-state index in [0.29, 0.717) is 28.8 Å². The highest BCUT2D eigenvalue weighted by molar-refractivity contribution is 5.99. The molecule has 0 radical (unpaired) electrons. The van der Waals surface area contributed by atoms with Crippen LogP contribution in [0.25, 0.3) is 11.0 Å². The number of benzene rings is 2. The lowest BCUT2D eigenvalue weighted by atomic mass is 9.98. The van der Waals surface area contributed by atoms with Gasteiger partial charge in [-0.25, -0.2) is 0 Å². The van der Waals surface area contributed by atoms with Crippen LogP contribution in [-0.4, -0.2) is 62.2 Å². The van der Waals surface area contributed by atoms with Crippen LogP contribution in [0.1, 0.15) is 34.1 Å². The smallest absolute Gasteiger partial charge is 0.290 e. The maximum Gasteiger partial charge on any atom is 0.290 e. The number of rotatable bonds is 6. The molecule has 2 aliphatic heterocycles. The van der Waals surface area contributed by atoms with Crippen molar-refractivity contribution in [3.8, 4) is 5.75 Å². The minimum Gasteiger partial charge on any atom is -0.497 e. The zero-order valence-corrected chi connectivity index (χ0v) is 18.1. The first-order valence-electron chi connectivity index (χ1n) is 11.0. The summed E-state index contributed by atoms with van der Waals surface area (Å²) in [7, 11) is 1.55. The van der Waals surface area contributed by atoms with Gasteiger partial charge < -0.3 is 18.8 Å². The molecule has 1 atom stereocenters. The number of ether oxygens (including phenoxy) is 2. The van der Waals surface area contributed by atoms with Crippen LogP contribution in [0.4, 0.5) is 0 Å². The zero-order valence-electron chi connectivity index (χ0n) is 18.1. The summed E-state index contributed by atoms with van der Waals surface area (Å²) >= 11 is 0. The molecule has 5 rings (SSSR count). The van der Waals surface area contributed by atoms with Crippen molar-refractivity contribution in [2.24, 2.45) is 0 Å². The summed E-state index contributed by atoms with van der Waals surface area (Å²) < 4.78 is 16.7. The number of amides is 1. The first kappa shape index (κ1) is 20.7. The van der Waals surface area contributed by atoms with Crippen LogP contribution in [0, 0.1) is 0 Å². The van der Waals surface area contributed by atoms with Crippen molar-refractivity contribution in [1.29, 1.82) is 0 Å². The van der Waals surface area contributed by atoms with Gasteiger partial charge in [0.25, 0.3) is 5.91 Å². The normalized spacial score (nSPS) is 18.8. The molecule has 2 aliphatic rings. The largest absolute Gasteiger partial charge is 0.497 e. The topological polar surface area (TPSA) is 72.2 Å². The second-order valence-electron chi connectivity index (χ2n) is 8.16. The Hall–Kier alpha value is -3.16. The van der Waals surface area contributed by atoms with Crippen molar-refractivity contribution < 1.29 is 18.7 Å². The lowest BCUT2D eigenvalue weighted by Crippen LogP contribution is -2.38. The van der Waals surface area contributed by atoms with Crippen molar-refractivity contribution in [1.82, 2.24) is 9.80 Å². The molecule has 1 saturated heterocycles. The van der Waals surface area contributed by atoms with Crippen molar-refractivity contribution in [2.75, 3.05) is 46.5 Å². The van der Waals surface area contributed by atoms with Crippen molar-refractivity contribution >= 4 is 16.9 Å². The van der Waals surface area contributed by atoms with E-state index in [1.165, 1.54) is 0 Å². The van der Waals surface area contributed by atoms with Gasteiger partial charge >= 0.3 is 0 Å². The molecule has 0 saturated carbocycles. The summed E-state index contributed by atoms with van der Waals surface area (Å²) in [5, 5.41) is 0.452. The van der Waals surface area contributed by atoms with Gasteiger partial charge in [-0.15, -0.1) is 0 Å². The average Bonchev–Trinajstić information content (AvgIpc) is 3.12. The molecule has 2 aromatic carbocycles. The molecule has 0 aliphatic carbocycles. The minimum atomic E-state index is -0.453. The summed E-state index contributed by atoms with van der Waals surface area (Å²) in [5.74, 6) is 0.474. The Morgan fingerprint density at radius 2 is 1.81 bits per heavy atom. The van der Waals surface area contributed by atoms with E-state index in [1.54, 1.807) is 30.2 Å². The molecule has 0 spiro atoms. The van der Waals surface area contributed by atoms with Crippen LogP contribution in [0.5, 0.6) is 5.75 Å². The van der Waals surface area contributed by atoms with Crippen molar-refractivity contribution in [3.05, 3.63) is 75.6 Å². The van der Waals surface area contributed by atoms with Crippen LogP contribution in [-0.2, 0) is 4.74 Å². The van der Waals surface area contributed by atoms with Crippen LogP contribution >= 0.6 is 0 Å². The van der Waals surface area contributed by atoms with Gasteiger partial charge in [-0.2, -0.15) is 0 Å². The number of hydrogen-bond acceptors (Lipinski definition) is 6. The van der Waals surface area contributed by atoms with Gasteiger partial charge in [0, 0.05) is 32.2 Å². The van der Waals surface area contributed by atoms with Crippen LogP contribution in [0.2, 0.25) is 0 Å². The quantitative estimate of drug-likeness (QED) is 0.594. The number of fused-ring (bicyclic) bond motifs is 2. The van der Waals surface area contributed by atoms with Gasteiger partial charge in [-0.05, 0) is 24.1 Å². The lowest BCUT2D eigenvalue weighted by molar-refractivity contribution is 0.0353. The van der Waals surface area contributed by atoms with E-state index in [4.69, 9.17) is 13.9 Å². The van der Waals surface area contributed by atoms with Crippen molar-refractivity contribution in [3.63, 3.8) is 0 Å². The number of carbonyl (C=O) groups excluding carboxylic acids is 1. The average molecular weight is 434 g/mol. The van der Waals surface area contributed by atoms with Gasteiger partial charge in [0.2, 0.25) is 5.76 Å². The number of carbonyl (C=O) groups is 1. The monoisotopic (exact) mass is 434 g/mol. The van der Waals surface area contributed by atoms with E-state index < -0.39 is 6.04 Å². The molecule has 1 aromatic heterocycles. The lowest BCUT2D eigenvalue weighted by Gasteiger charge is -2.29. The summed E-state index contributed by atoms with van der Waals surface area (Å²) in [6.07, 6.45) is 0.810. The second kappa shape index (κ2) is 8.76. The third-order valence-electron chi connectivity index (χ3n) is 6.27. The molecule has 0 N–H and O–H groups in total. The predicted octanol–water partition coefficient (Wildman–Crippen LogP) is 3.07. The zero-order chi connectivity index (χ0) is 22.1. The van der Waals surface area contributed by atoms with Crippen LogP contribution in [0.3, 0.4) is 0 Å². The molecular weight excluding hydrogens is 408 g/mol. The number of hydrogen-bond donors (Lipinski definition) is 0. The number of nitrogens with zero attached hydrogens (tertiary/aromatic N) is 2. The molecule has 32 heavy (non-hydrogen) atoms. The molecule has 7 nitrogen and oxygen atoms in total. The third-order valence-corrected chi connectivity index (χ3v) is 6.27. The first-order valence-corrected chi connectivity index (χ1v) is 11.0. The predicted molar refractivity (Wildman–Crippen MR) is 120 cm³/mol. The van der Waals surface area contributed by atoms with Crippen LogP contribution in [0.15, 0.2) is 57.7 Å². The summed E-state index contributed by atoms with van der Waals surface area (Å²) in [6, 6.07) is 14.3. The molecule has 3 heterocycles. The fourth-order valence-electron chi connectivity index (χ4n) is 4.63. The van der Waals surface area contributed by atoms with E-state index in [1.807, 2.05) is 30.3 Å².